The molecule has 124 valence electrons. The molecule has 0 spiro atoms. The summed E-state index contributed by atoms with van der Waals surface area (Å²) in [6.45, 7) is 1.85. The molecule has 2 aromatic carbocycles. The molecular formula is C18H17NO4S. The second kappa shape index (κ2) is 7.70. The standard InChI is InChI=1S/C18H17NO4S/c1-14-8-11-16(12-9-14)24(21,22)19-17(18(20)23-2)13-10-15-6-4-3-5-7-15/h3-13H,1-2H3/b13-10+,19-17+. The van der Waals surface area contributed by atoms with Crippen LogP contribution in [-0.4, -0.2) is 27.2 Å². The first kappa shape index (κ1) is 17.6. The van der Waals surface area contributed by atoms with Gasteiger partial charge in [-0.05, 0) is 30.7 Å². The second-order valence-corrected chi connectivity index (χ2v) is 6.60. The maximum Gasteiger partial charge on any atom is 0.357 e. The Hall–Kier alpha value is -2.73. The molecule has 24 heavy (non-hydrogen) atoms. The Morgan fingerprint density at radius 2 is 1.67 bits per heavy atom. The minimum absolute atomic E-state index is 0.0163. The molecular weight excluding hydrogens is 326 g/mol. The van der Waals surface area contributed by atoms with Gasteiger partial charge in [-0.25, -0.2) is 4.79 Å². The SMILES string of the molecule is COC(=O)C(/C=C/c1ccccc1)=N/S(=O)(=O)c1ccc(C)cc1. The number of esters is 1. The van der Waals surface area contributed by atoms with Crippen molar-refractivity contribution in [2.45, 2.75) is 11.8 Å². The number of rotatable bonds is 5. The first-order chi connectivity index (χ1) is 11.4. The number of aryl methyl sites for hydroxylation is 1. The maximum atomic E-state index is 12.4. The van der Waals surface area contributed by atoms with Crippen LogP contribution in [-0.2, 0) is 19.6 Å². The van der Waals surface area contributed by atoms with Gasteiger partial charge in [0.25, 0.3) is 10.0 Å². The fourth-order valence-corrected chi connectivity index (χ4v) is 2.85. The molecule has 0 aliphatic carbocycles. The molecule has 0 atom stereocenters. The van der Waals surface area contributed by atoms with Crippen molar-refractivity contribution in [3.05, 3.63) is 71.8 Å². The van der Waals surface area contributed by atoms with E-state index in [4.69, 9.17) is 0 Å². The molecule has 0 N–H and O–H groups in total. The lowest BCUT2D eigenvalue weighted by Gasteiger charge is -2.02. The Balaban J connectivity index is 2.40. The van der Waals surface area contributed by atoms with Crippen LogP contribution in [0.15, 0.2) is 70.0 Å². The van der Waals surface area contributed by atoms with Crippen molar-refractivity contribution in [3.8, 4) is 0 Å². The molecule has 0 saturated carbocycles. The highest BCUT2D eigenvalue weighted by atomic mass is 32.2. The maximum absolute atomic E-state index is 12.4. The lowest BCUT2D eigenvalue weighted by Crippen LogP contribution is -2.15. The Morgan fingerprint density at radius 1 is 1.04 bits per heavy atom. The summed E-state index contributed by atoms with van der Waals surface area (Å²) >= 11 is 0. The highest BCUT2D eigenvalue weighted by Gasteiger charge is 2.17. The highest BCUT2D eigenvalue weighted by molar-refractivity contribution is 7.90. The van der Waals surface area contributed by atoms with Crippen molar-refractivity contribution in [1.29, 1.82) is 0 Å². The summed E-state index contributed by atoms with van der Waals surface area (Å²) in [5.41, 5.74) is 1.44. The molecule has 0 heterocycles. The summed E-state index contributed by atoms with van der Waals surface area (Å²) in [5.74, 6) is -0.821. The number of ether oxygens (including phenoxy) is 1. The minimum Gasteiger partial charge on any atom is -0.464 e. The van der Waals surface area contributed by atoms with E-state index in [2.05, 4.69) is 9.13 Å². The van der Waals surface area contributed by atoms with Gasteiger partial charge in [-0.15, -0.1) is 0 Å². The number of nitrogens with zero attached hydrogens (tertiary/aromatic N) is 1. The van der Waals surface area contributed by atoms with E-state index in [1.54, 1.807) is 18.2 Å². The van der Waals surface area contributed by atoms with Gasteiger partial charge in [-0.3, -0.25) is 0 Å². The zero-order chi connectivity index (χ0) is 17.6. The first-order valence-corrected chi connectivity index (χ1v) is 8.59. The van der Waals surface area contributed by atoms with E-state index in [1.807, 2.05) is 37.3 Å². The summed E-state index contributed by atoms with van der Waals surface area (Å²) in [6, 6.07) is 15.4. The van der Waals surface area contributed by atoms with Crippen LogP contribution in [0, 0.1) is 6.92 Å². The number of benzene rings is 2. The van der Waals surface area contributed by atoms with Gasteiger partial charge in [0.05, 0.1) is 12.0 Å². The van der Waals surface area contributed by atoms with Crippen molar-refractivity contribution in [2.24, 2.45) is 4.40 Å². The lowest BCUT2D eigenvalue weighted by molar-refractivity contribution is -0.132. The van der Waals surface area contributed by atoms with Gasteiger partial charge in [0.1, 0.15) is 0 Å². The van der Waals surface area contributed by atoms with Gasteiger partial charge in [0.15, 0.2) is 5.71 Å². The number of sulfonamides is 1. The van der Waals surface area contributed by atoms with Crippen LogP contribution in [0.3, 0.4) is 0 Å². The van der Waals surface area contributed by atoms with E-state index < -0.39 is 16.0 Å². The topological polar surface area (TPSA) is 72.8 Å². The molecule has 0 amide bonds. The Bertz CT molecular complexity index is 867. The smallest absolute Gasteiger partial charge is 0.357 e. The number of carbonyl (C=O) groups is 1. The van der Waals surface area contributed by atoms with E-state index in [-0.39, 0.29) is 10.6 Å². The molecule has 0 unspecified atom stereocenters. The van der Waals surface area contributed by atoms with E-state index in [9.17, 15) is 13.2 Å². The van der Waals surface area contributed by atoms with E-state index in [0.29, 0.717) is 0 Å². The van der Waals surface area contributed by atoms with Crippen LogP contribution >= 0.6 is 0 Å². The first-order valence-electron chi connectivity index (χ1n) is 7.15. The molecule has 2 aromatic rings. The number of methoxy groups -OCH3 is 1. The number of hydrogen-bond acceptors (Lipinski definition) is 4. The van der Waals surface area contributed by atoms with Crippen LogP contribution in [0.1, 0.15) is 11.1 Å². The molecule has 0 aliphatic rings. The predicted molar refractivity (Wildman–Crippen MR) is 93.3 cm³/mol. The zero-order valence-electron chi connectivity index (χ0n) is 13.3. The lowest BCUT2D eigenvalue weighted by atomic mass is 10.2. The predicted octanol–water partition coefficient (Wildman–Crippen LogP) is 3.01. The Morgan fingerprint density at radius 3 is 2.25 bits per heavy atom. The van der Waals surface area contributed by atoms with Gasteiger partial charge in [0, 0.05) is 0 Å². The van der Waals surface area contributed by atoms with Gasteiger partial charge in [0.2, 0.25) is 0 Å². The molecule has 0 bridgehead atoms. The summed E-state index contributed by atoms with van der Waals surface area (Å²) in [4.78, 5) is 11.8. The average Bonchev–Trinajstić information content (AvgIpc) is 2.59. The molecule has 0 aliphatic heterocycles. The zero-order valence-corrected chi connectivity index (χ0v) is 14.2. The third-order valence-corrected chi connectivity index (χ3v) is 4.47. The molecule has 6 heteroatoms. The van der Waals surface area contributed by atoms with Gasteiger partial charge >= 0.3 is 5.97 Å². The summed E-state index contributed by atoms with van der Waals surface area (Å²) in [7, 11) is -2.83. The van der Waals surface area contributed by atoms with Crippen molar-refractivity contribution < 1.29 is 17.9 Å². The molecule has 0 fully saturated rings. The van der Waals surface area contributed by atoms with Gasteiger partial charge in [-0.2, -0.15) is 12.8 Å². The molecule has 2 rings (SSSR count). The van der Waals surface area contributed by atoms with Crippen molar-refractivity contribution in [3.63, 3.8) is 0 Å². The van der Waals surface area contributed by atoms with E-state index >= 15 is 0 Å². The fraction of sp³-hybridized carbons (Fsp3) is 0.111. The summed E-state index contributed by atoms with van der Waals surface area (Å²) < 4.78 is 33.0. The van der Waals surface area contributed by atoms with Crippen molar-refractivity contribution in [2.75, 3.05) is 7.11 Å². The third kappa shape index (κ3) is 4.63. The van der Waals surface area contributed by atoms with E-state index in [1.165, 1.54) is 25.3 Å². The Labute approximate surface area is 141 Å². The number of hydrogen-bond donors (Lipinski definition) is 0. The molecule has 0 aromatic heterocycles. The van der Waals surface area contributed by atoms with Crippen LogP contribution in [0.2, 0.25) is 0 Å². The van der Waals surface area contributed by atoms with Crippen LogP contribution in [0.5, 0.6) is 0 Å². The van der Waals surface area contributed by atoms with Crippen LogP contribution in [0.4, 0.5) is 0 Å². The number of carbonyl (C=O) groups excluding carboxylic acids is 1. The average molecular weight is 343 g/mol. The van der Waals surface area contributed by atoms with E-state index in [0.717, 1.165) is 11.1 Å². The highest BCUT2D eigenvalue weighted by Crippen LogP contribution is 2.14. The minimum atomic E-state index is -4.00. The van der Waals surface area contributed by atoms with Crippen molar-refractivity contribution >= 4 is 27.8 Å². The molecule has 0 saturated heterocycles. The second-order valence-electron chi connectivity index (χ2n) is 5.00. The quantitative estimate of drug-likeness (QED) is 0.618. The fourth-order valence-electron chi connectivity index (χ4n) is 1.87. The van der Waals surface area contributed by atoms with Gasteiger partial charge < -0.3 is 4.74 Å². The van der Waals surface area contributed by atoms with Crippen LogP contribution in [0.25, 0.3) is 6.08 Å². The van der Waals surface area contributed by atoms with Crippen LogP contribution < -0.4 is 0 Å². The molecule has 0 radical (unpaired) electrons. The largest absolute Gasteiger partial charge is 0.464 e. The summed E-state index contributed by atoms with van der Waals surface area (Å²) in [5, 5.41) is 0. The van der Waals surface area contributed by atoms with Crippen molar-refractivity contribution in [1.82, 2.24) is 0 Å². The Kier molecular flexibility index (Phi) is 5.65. The normalized spacial score (nSPS) is 12.3. The molecule has 5 nitrogen and oxygen atoms in total. The van der Waals surface area contributed by atoms with Gasteiger partial charge in [-0.1, -0.05) is 54.1 Å². The summed E-state index contributed by atoms with van der Waals surface area (Å²) in [6.07, 6.45) is 2.92. The monoisotopic (exact) mass is 343 g/mol. The third-order valence-electron chi connectivity index (χ3n) is 3.17.